The van der Waals surface area contributed by atoms with Crippen molar-refractivity contribution in [1.29, 1.82) is 0 Å². The number of ketones is 1. The molecule has 1 atom stereocenters. The van der Waals surface area contributed by atoms with E-state index >= 15 is 0 Å². The highest BCUT2D eigenvalue weighted by molar-refractivity contribution is 5.83. The van der Waals surface area contributed by atoms with Crippen LogP contribution in [0.5, 0.6) is 0 Å². The van der Waals surface area contributed by atoms with E-state index in [1.165, 1.54) is 6.42 Å². The summed E-state index contributed by atoms with van der Waals surface area (Å²) in [6, 6.07) is 6.13. The molecule has 0 radical (unpaired) electrons. The topological polar surface area (TPSA) is 80.4 Å². The van der Waals surface area contributed by atoms with Gasteiger partial charge in [-0.1, -0.05) is 42.8 Å². The Hall–Kier alpha value is -2.43. The van der Waals surface area contributed by atoms with Gasteiger partial charge in [0, 0.05) is 30.2 Å². The van der Waals surface area contributed by atoms with E-state index in [4.69, 9.17) is 4.52 Å². The molecule has 33 heavy (non-hydrogen) atoms. The third-order valence-corrected chi connectivity index (χ3v) is 7.35. The molecule has 2 fully saturated rings. The number of hydrogen-bond acceptors (Lipinski definition) is 4. The first-order valence-electron chi connectivity index (χ1n) is 12.5. The Bertz CT molecular complexity index is 1010. The first-order valence-corrected chi connectivity index (χ1v) is 12.5. The van der Waals surface area contributed by atoms with Gasteiger partial charge in [0.1, 0.15) is 11.5 Å². The van der Waals surface area contributed by atoms with Crippen LogP contribution in [0.15, 0.2) is 22.7 Å². The van der Waals surface area contributed by atoms with E-state index in [0.717, 1.165) is 65.3 Å². The lowest BCUT2D eigenvalue weighted by Crippen LogP contribution is -2.24. The fraction of sp³-hybridized carbons (Fsp3) is 0.607. The number of rotatable bonds is 11. The van der Waals surface area contributed by atoms with Gasteiger partial charge in [-0.05, 0) is 74.8 Å². The minimum Gasteiger partial charge on any atom is -0.481 e. The van der Waals surface area contributed by atoms with Gasteiger partial charge in [-0.25, -0.2) is 0 Å². The number of carboxylic acids is 1. The van der Waals surface area contributed by atoms with Crippen molar-refractivity contribution < 1.29 is 19.2 Å². The number of aliphatic carboxylic acids is 1. The normalized spacial score (nSPS) is 21.1. The van der Waals surface area contributed by atoms with Crippen LogP contribution in [0.25, 0.3) is 0 Å². The van der Waals surface area contributed by atoms with E-state index in [9.17, 15) is 14.7 Å². The maximum atomic E-state index is 13.0. The highest BCUT2D eigenvalue weighted by Crippen LogP contribution is 2.52. The second-order valence-corrected chi connectivity index (χ2v) is 10.9. The second-order valence-electron chi connectivity index (χ2n) is 10.9. The third kappa shape index (κ3) is 5.74. The summed E-state index contributed by atoms with van der Waals surface area (Å²) < 4.78 is 5.90. The highest BCUT2D eigenvalue weighted by Gasteiger charge is 2.42. The zero-order valence-corrected chi connectivity index (χ0v) is 20.4. The number of carbonyl (C=O) groups excluding carboxylic acids is 1. The molecule has 0 aliphatic heterocycles. The van der Waals surface area contributed by atoms with Gasteiger partial charge in [0.15, 0.2) is 0 Å². The predicted molar refractivity (Wildman–Crippen MR) is 128 cm³/mol. The van der Waals surface area contributed by atoms with Crippen molar-refractivity contribution in [2.75, 3.05) is 0 Å². The van der Waals surface area contributed by atoms with Gasteiger partial charge in [-0.15, -0.1) is 0 Å². The molecular formula is C28H37NO4. The van der Waals surface area contributed by atoms with Crippen molar-refractivity contribution in [2.45, 2.75) is 96.8 Å². The number of carboxylic acid groups (broad SMARTS) is 1. The highest BCUT2D eigenvalue weighted by atomic mass is 16.5. The van der Waals surface area contributed by atoms with Gasteiger partial charge < -0.3 is 9.63 Å². The quantitative estimate of drug-likeness (QED) is 0.423. The molecule has 5 nitrogen and oxygen atoms in total. The van der Waals surface area contributed by atoms with Gasteiger partial charge >= 0.3 is 5.97 Å². The number of aromatic nitrogens is 1. The van der Waals surface area contributed by atoms with Crippen LogP contribution in [0.4, 0.5) is 0 Å². The predicted octanol–water partition coefficient (Wildman–Crippen LogP) is 6.47. The molecule has 0 saturated heterocycles. The Labute approximate surface area is 196 Å². The molecule has 1 N–H and O–H groups in total. The lowest BCUT2D eigenvalue weighted by molar-refractivity contribution is -0.137. The molecule has 5 heteroatoms. The van der Waals surface area contributed by atoms with E-state index in [-0.39, 0.29) is 18.6 Å². The number of carbonyl (C=O) groups is 2. The molecular weight excluding hydrogens is 414 g/mol. The van der Waals surface area contributed by atoms with Crippen molar-refractivity contribution in [3.8, 4) is 0 Å². The maximum Gasteiger partial charge on any atom is 0.304 e. The molecule has 2 aromatic rings. The van der Waals surface area contributed by atoms with Gasteiger partial charge in [0.05, 0.1) is 12.1 Å². The van der Waals surface area contributed by atoms with E-state index in [0.29, 0.717) is 24.2 Å². The zero-order valence-electron chi connectivity index (χ0n) is 20.4. The number of aryl methyl sites for hydroxylation is 2. The van der Waals surface area contributed by atoms with Crippen LogP contribution < -0.4 is 0 Å². The summed E-state index contributed by atoms with van der Waals surface area (Å²) >= 11 is 0. The van der Waals surface area contributed by atoms with Crippen molar-refractivity contribution in [3.63, 3.8) is 0 Å². The van der Waals surface area contributed by atoms with E-state index in [2.05, 4.69) is 19.0 Å². The monoisotopic (exact) mass is 451 g/mol. The Morgan fingerprint density at radius 1 is 1.12 bits per heavy atom. The molecule has 0 bridgehead atoms. The third-order valence-electron chi connectivity index (χ3n) is 7.35. The average molecular weight is 452 g/mol. The Kier molecular flexibility index (Phi) is 7.06. The van der Waals surface area contributed by atoms with E-state index < -0.39 is 11.9 Å². The lowest BCUT2D eigenvalue weighted by Gasteiger charge is -2.35. The summed E-state index contributed by atoms with van der Waals surface area (Å²) in [4.78, 5) is 24.7. The molecule has 1 heterocycles. The molecule has 178 valence electrons. The molecule has 1 aromatic heterocycles. The summed E-state index contributed by atoms with van der Waals surface area (Å²) in [5.41, 5.74) is 5.10. The van der Waals surface area contributed by atoms with Crippen molar-refractivity contribution in [2.24, 2.45) is 11.8 Å². The summed E-state index contributed by atoms with van der Waals surface area (Å²) in [5.74, 6) is 1.95. The van der Waals surface area contributed by atoms with Crippen LogP contribution in [0.1, 0.15) is 110 Å². The van der Waals surface area contributed by atoms with E-state index in [1.807, 2.05) is 32.0 Å². The Morgan fingerprint density at radius 2 is 1.85 bits per heavy atom. The van der Waals surface area contributed by atoms with Crippen LogP contribution in [-0.4, -0.2) is 22.0 Å². The number of benzene rings is 1. The molecule has 0 amide bonds. The zero-order chi connectivity index (χ0) is 23.7. The Balaban J connectivity index is 1.52. The van der Waals surface area contributed by atoms with E-state index in [1.54, 1.807) is 0 Å². The SMILES string of the molecule is Cc1ccc(C)c(CC(=O)CC(CC(=O)O)c2noc(C3CC(CC(C)C)C3)c2C2CC2)c1. The van der Waals surface area contributed by atoms with Crippen molar-refractivity contribution >= 4 is 11.8 Å². The van der Waals surface area contributed by atoms with Crippen LogP contribution in [0.3, 0.4) is 0 Å². The van der Waals surface area contributed by atoms with Gasteiger partial charge in [0.25, 0.3) is 0 Å². The largest absolute Gasteiger partial charge is 0.481 e. The van der Waals surface area contributed by atoms with Crippen LogP contribution >= 0.6 is 0 Å². The number of Topliss-reactive ketones (excluding diaryl/α,β-unsaturated/α-hetero) is 1. The standard InChI is InChI=1S/C28H37NO4/c1-16(2)9-19-11-23(12-19)28-26(20-7-8-20)27(29-33-28)22(15-25(31)32)14-24(30)13-21-10-17(3)5-6-18(21)4/h5-6,10,16,19-20,22-23H,7-9,11-15H2,1-4H3,(H,31,32). The number of nitrogens with zero attached hydrogens (tertiary/aromatic N) is 1. The molecule has 4 rings (SSSR count). The molecule has 2 saturated carbocycles. The summed E-state index contributed by atoms with van der Waals surface area (Å²) in [7, 11) is 0. The number of hydrogen-bond donors (Lipinski definition) is 1. The van der Waals surface area contributed by atoms with Crippen molar-refractivity contribution in [3.05, 3.63) is 51.9 Å². The molecule has 1 unspecified atom stereocenters. The second kappa shape index (κ2) is 9.82. The summed E-state index contributed by atoms with van der Waals surface area (Å²) in [6.07, 6.45) is 6.11. The van der Waals surface area contributed by atoms with Crippen molar-refractivity contribution in [1.82, 2.24) is 5.16 Å². The van der Waals surface area contributed by atoms with Crippen LogP contribution in [0, 0.1) is 25.7 Å². The molecule has 0 spiro atoms. The smallest absolute Gasteiger partial charge is 0.304 e. The molecule has 1 aromatic carbocycles. The van der Waals surface area contributed by atoms with Gasteiger partial charge in [-0.3, -0.25) is 9.59 Å². The fourth-order valence-electron chi connectivity index (χ4n) is 5.53. The Morgan fingerprint density at radius 3 is 2.48 bits per heavy atom. The first-order chi connectivity index (χ1) is 15.7. The van der Waals surface area contributed by atoms with Gasteiger partial charge in [-0.2, -0.15) is 0 Å². The lowest BCUT2D eigenvalue weighted by atomic mass is 9.69. The summed E-state index contributed by atoms with van der Waals surface area (Å²) in [5, 5.41) is 14.0. The fourth-order valence-corrected chi connectivity index (χ4v) is 5.53. The minimum atomic E-state index is -0.897. The molecule has 2 aliphatic carbocycles. The summed E-state index contributed by atoms with van der Waals surface area (Å²) in [6.45, 7) is 8.56. The van der Waals surface area contributed by atoms with Crippen LogP contribution in [-0.2, 0) is 16.0 Å². The first kappa shape index (κ1) is 23.7. The van der Waals surface area contributed by atoms with Gasteiger partial charge in [0.2, 0.25) is 0 Å². The minimum absolute atomic E-state index is 0.0573. The van der Waals surface area contributed by atoms with Crippen LogP contribution in [0.2, 0.25) is 0 Å². The average Bonchev–Trinajstić information content (AvgIpc) is 3.44. The maximum absolute atomic E-state index is 13.0. The molecule has 2 aliphatic rings.